The molecule has 70 valence electrons. The predicted molar refractivity (Wildman–Crippen MR) is 45.4 cm³/mol. The molecule has 1 saturated heterocycles. The molecule has 0 atom stereocenters. The second kappa shape index (κ2) is 4.42. The number of amides is 1. The van der Waals surface area contributed by atoms with Gasteiger partial charge in [0.15, 0.2) is 0 Å². The number of carbonyl (C=O) groups is 1. The molecule has 1 heterocycles. The third-order valence-corrected chi connectivity index (χ3v) is 2.41. The molecule has 4 heteroatoms. The minimum Gasteiger partial charge on any atom is -0.395 e. The van der Waals surface area contributed by atoms with Gasteiger partial charge in [-0.3, -0.25) is 4.79 Å². The highest BCUT2D eigenvalue weighted by molar-refractivity contribution is 5.76. The van der Waals surface area contributed by atoms with E-state index in [1.807, 2.05) is 0 Å². The number of piperidine rings is 1. The number of rotatable bonds is 3. The van der Waals surface area contributed by atoms with E-state index >= 15 is 0 Å². The lowest BCUT2D eigenvalue weighted by Gasteiger charge is -2.29. The zero-order valence-corrected chi connectivity index (χ0v) is 7.20. The summed E-state index contributed by atoms with van der Waals surface area (Å²) >= 11 is 0. The molecule has 0 aromatic carbocycles. The van der Waals surface area contributed by atoms with Crippen LogP contribution in [-0.4, -0.2) is 42.2 Å². The van der Waals surface area contributed by atoms with E-state index in [1.54, 1.807) is 0 Å². The Bertz CT molecular complexity index is 153. The van der Waals surface area contributed by atoms with Crippen molar-refractivity contribution >= 4 is 5.91 Å². The summed E-state index contributed by atoms with van der Waals surface area (Å²) < 4.78 is 0. The normalized spacial score (nSPS) is 21.1. The summed E-state index contributed by atoms with van der Waals surface area (Å²) in [6, 6.07) is 0. The highest BCUT2D eigenvalue weighted by atomic mass is 16.3. The van der Waals surface area contributed by atoms with Crippen LogP contribution in [0.25, 0.3) is 0 Å². The van der Waals surface area contributed by atoms with E-state index in [1.165, 1.54) is 0 Å². The maximum Gasteiger partial charge on any atom is 0.220 e. The second-order valence-electron chi connectivity index (χ2n) is 3.24. The first-order chi connectivity index (χ1) is 5.74. The van der Waals surface area contributed by atoms with Crippen molar-refractivity contribution in [1.82, 2.24) is 4.90 Å². The van der Waals surface area contributed by atoms with Crippen molar-refractivity contribution in [2.45, 2.75) is 12.8 Å². The molecule has 0 saturated carbocycles. The quantitative estimate of drug-likeness (QED) is 0.584. The molecule has 1 fully saturated rings. The fourth-order valence-electron chi connectivity index (χ4n) is 1.58. The maximum atomic E-state index is 10.8. The van der Waals surface area contributed by atoms with E-state index in [4.69, 9.17) is 10.8 Å². The van der Waals surface area contributed by atoms with Crippen LogP contribution in [0.15, 0.2) is 0 Å². The summed E-state index contributed by atoms with van der Waals surface area (Å²) in [5.41, 5.74) is 5.18. The van der Waals surface area contributed by atoms with Crippen molar-refractivity contribution in [2.75, 3.05) is 26.2 Å². The fourth-order valence-corrected chi connectivity index (χ4v) is 1.58. The Balaban J connectivity index is 2.25. The number of β-amino-alcohol motifs (C(OH)–C–C–N with tert-alkyl or cyclic N) is 1. The highest BCUT2D eigenvalue weighted by Gasteiger charge is 2.22. The Morgan fingerprint density at radius 3 is 2.50 bits per heavy atom. The fraction of sp³-hybridized carbons (Fsp3) is 0.875. The molecule has 1 aliphatic rings. The molecule has 1 rings (SSSR count). The number of nitrogens with zero attached hydrogens (tertiary/aromatic N) is 1. The smallest absolute Gasteiger partial charge is 0.220 e. The summed E-state index contributed by atoms with van der Waals surface area (Å²) in [4.78, 5) is 12.9. The zero-order valence-electron chi connectivity index (χ0n) is 7.20. The van der Waals surface area contributed by atoms with Crippen molar-refractivity contribution in [1.29, 1.82) is 0 Å². The average molecular weight is 172 g/mol. The van der Waals surface area contributed by atoms with Crippen molar-refractivity contribution in [2.24, 2.45) is 11.7 Å². The van der Waals surface area contributed by atoms with Gasteiger partial charge in [-0.25, -0.2) is 0 Å². The maximum absolute atomic E-state index is 10.8. The molecule has 0 aromatic rings. The molecule has 4 nitrogen and oxygen atoms in total. The van der Waals surface area contributed by atoms with E-state index < -0.39 is 0 Å². The molecule has 1 aliphatic heterocycles. The van der Waals surface area contributed by atoms with Crippen LogP contribution in [0.5, 0.6) is 0 Å². The highest BCUT2D eigenvalue weighted by Crippen LogP contribution is 2.15. The lowest BCUT2D eigenvalue weighted by atomic mass is 9.96. The minimum absolute atomic E-state index is 0.0555. The van der Waals surface area contributed by atoms with E-state index in [9.17, 15) is 4.79 Å². The van der Waals surface area contributed by atoms with Crippen LogP contribution in [0.3, 0.4) is 0 Å². The van der Waals surface area contributed by atoms with Gasteiger partial charge in [0.2, 0.25) is 5.91 Å². The Kier molecular flexibility index (Phi) is 3.49. The Hall–Kier alpha value is -0.610. The number of aliphatic hydroxyl groups excluding tert-OH is 1. The van der Waals surface area contributed by atoms with Crippen LogP contribution in [0.2, 0.25) is 0 Å². The summed E-state index contributed by atoms with van der Waals surface area (Å²) in [6.07, 6.45) is 1.69. The summed E-state index contributed by atoms with van der Waals surface area (Å²) in [7, 11) is 0. The van der Waals surface area contributed by atoms with Gasteiger partial charge in [-0.15, -0.1) is 0 Å². The lowest BCUT2D eigenvalue weighted by molar-refractivity contribution is -0.123. The van der Waals surface area contributed by atoms with Crippen LogP contribution in [0.1, 0.15) is 12.8 Å². The second-order valence-corrected chi connectivity index (χ2v) is 3.24. The SMILES string of the molecule is NC(=O)C1CCN(CCO)CC1. The standard InChI is InChI=1S/C8H16N2O2/c9-8(12)7-1-3-10(4-2-7)5-6-11/h7,11H,1-6H2,(H2,9,12). The van der Waals surface area contributed by atoms with Crippen LogP contribution in [0.4, 0.5) is 0 Å². The first-order valence-corrected chi connectivity index (χ1v) is 4.36. The Morgan fingerprint density at radius 2 is 2.08 bits per heavy atom. The van der Waals surface area contributed by atoms with Crippen LogP contribution >= 0.6 is 0 Å². The van der Waals surface area contributed by atoms with E-state index in [-0.39, 0.29) is 18.4 Å². The number of primary amides is 1. The number of carbonyl (C=O) groups excluding carboxylic acids is 1. The third kappa shape index (κ3) is 2.46. The van der Waals surface area contributed by atoms with Crippen LogP contribution in [0, 0.1) is 5.92 Å². The molecule has 0 unspecified atom stereocenters. The molecule has 12 heavy (non-hydrogen) atoms. The first kappa shape index (κ1) is 9.48. The molecule has 0 radical (unpaired) electrons. The monoisotopic (exact) mass is 172 g/mol. The molecular formula is C8H16N2O2. The number of likely N-dealkylation sites (tertiary alicyclic amines) is 1. The van der Waals surface area contributed by atoms with Gasteiger partial charge in [-0.05, 0) is 25.9 Å². The summed E-state index contributed by atoms with van der Waals surface area (Å²) in [5, 5.41) is 8.66. The molecule has 0 aliphatic carbocycles. The van der Waals surface area contributed by atoms with E-state index in [2.05, 4.69) is 4.90 Å². The van der Waals surface area contributed by atoms with Gasteiger partial charge >= 0.3 is 0 Å². The summed E-state index contributed by atoms with van der Waals surface area (Å²) in [6.45, 7) is 2.68. The zero-order chi connectivity index (χ0) is 8.97. The number of hydrogen-bond donors (Lipinski definition) is 2. The van der Waals surface area contributed by atoms with Gasteiger partial charge in [-0.2, -0.15) is 0 Å². The molecule has 1 amide bonds. The van der Waals surface area contributed by atoms with Gasteiger partial charge in [0.25, 0.3) is 0 Å². The van der Waals surface area contributed by atoms with Gasteiger partial charge < -0.3 is 15.7 Å². The largest absolute Gasteiger partial charge is 0.395 e. The molecular weight excluding hydrogens is 156 g/mol. The van der Waals surface area contributed by atoms with E-state index in [0.29, 0.717) is 6.54 Å². The van der Waals surface area contributed by atoms with Crippen LogP contribution in [-0.2, 0) is 4.79 Å². The number of aliphatic hydroxyl groups is 1. The van der Waals surface area contributed by atoms with Crippen molar-refractivity contribution in [3.8, 4) is 0 Å². The number of nitrogens with two attached hydrogens (primary N) is 1. The third-order valence-electron chi connectivity index (χ3n) is 2.41. The number of hydrogen-bond acceptors (Lipinski definition) is 3. The molecule has 0 bridgehead atoms. The van der Waals surface area contributed by atoms with Crippen LogP contribution < -0.4 is 5.73 Å². The Morgan fingerprint density at radius 1 is 1.50 bits per heavy atom. The van der Waals surface area contributed by atoms with Gasteiger partial charge in [-0.1, -0.05) is 0 Å². The molecule has 3 N–H and O–H groups in total. The van der Waals surface area contributed by atoms with Gasteiger partial charge in [0.1, 0.15) is 0 Å². The van der Waals surface area contributed by atoms with Crippen molar-refractivity contribution < 1.29 is 9.90 Å². The molecule has 0 spiro atoms. The first-order valence-electron chi connectivity index (χ1n) is 4.36. The predicted octanol–water partition coefficient (Wildman–Crippen LogP) is -0.824. The van der Waals surface area contributed by atoms with Gasteiger partial charge in [0.05, 0.1) is 6.61 Å². The summed E-state index contributed by atoms with van der Waals surface area (Å²) in [5.74, 6) is -0.126. The lowest BCUT2D eigenvalue weighted by Crippen LogP contribution is -2.39. The Labute approximate surface area is 72.3 Å². The van der Waals surface area contributed by atoms with E-state index in [0.717, 1.165) is 25.9 Å². The van der Waals surface area contributed by atoms with Gasteiger partial charge in [0, 0.05) is 12.5 Å². The molecule has 0 aromatic heterocycles. The van der Waals surface area contributed by atoms with Crippen molar-refractivity contribution in [3.63, 3.8) is 0 Å². The minimum atomic E-state index is -0.182. The average Bonchev–Trinajstić information content (AvgIpc) is 2.06. The van der Waals surface area contributed by atoms with Crippen molar-refractivity contribution in [3.05, 3.63) is 0 Å². The topological polar surface area (TPSA) is 66.6 Å².